The van der Waals surface area contributed by atoms with Gasteiger partial charge in [0.05, 0.1) is 13.2 Å². The van der Waals surface area contributed by atoms with Gasteiger partial charge in [0.2, 0.25) is 0 Å². The van der Waals surface area contributed by atoms with E-state index in [0.717, 1.165) is 23.5 Å². The second kappa shape index (κ2) is 10.0. The Morgan fingerprint density at radius 3 is 2.71 bits per heavy atom. The minimum atomic E-state index is -0.757. The Bertz CT molecular complexity index is 434. The molecule has 0 unspecified atom stereocenters. The van der Waals surface area contributed by atoms with Gasteiger partial charge in [-0.3, -0.25) is 4.79 Å². The number of carboxylic acid groups (broad SMARTS) is 1. The van der Waals surface area contributed by atoms with E-state index in [2.05, 4.69) is 12.2 Å². The Morgan fingerprint density at radius 2 is 2.05 bits per heavy atom. The topological polar surface area (TPSA) is 67.8 Å². The van der Waals surface area contributed by atoms with E-state index in [9.17, 15) is 4.79 Å². The molecule has 1 aromatic rings. The van der Waals surface area contributed by atoms with Crippen LogP contribution in [-0.2, 0) is 11.3 Å². The maximum atomic E-state index is 10.4. The zero-order chi connectivity index (χ0) is 15.5. The van der Waals surface area contributed by atoms with Crippen molar-refractivity contribution >= 4 is 5.97 Å². The van der Waals surface area contributed by atoms with Crippen molar-refractivity contribution in [3.05, 3.63) is 23.8 Å². The Labute approximate surface area is 126 Å². The average Bonchev–Trinajstić information content (AvgIpc) is 2.46. The van der Waals surface area contributed by atoms with Gasteiger partial charge < -0.3 is 19.9 Å². The average molecular weight is 295 g/mol. The van der Waals surface area contributed by atoms with Gasteiger partial charge >= 0.3 is 5.97 Å². The van der Waals surface area contributed by atoms with Crippen LogP contribution in [0, 0.1) is 0 Å². The quantitative estimate of drug-likeness (QED) is 0.614. The molecule has 118 valence electrons. The maximum Gasteiger partial charge on any atom is 0.303 e. The monoisotopic (exact) mass is 295 g/mol. The largest absolute Gasteiger partial charge is 0.490 e. The molecule has 0 amide bonds. The van der Waals surface area contributed by atoms with Crippen LogP contribution in [0.15, 0.2) is 18.2 Å². The minimum Gasteiger partial charge on any atom is -0.490 e. The molecule has 1 aromatic carbocycles. The summed E-state index contributed by atoms with van der Waals surface area (Å²) in [5.41, 5.74) is 1.10. The van der Waals surface area contributed by atoms with Gasteiger partial charge in [-0.15, -0.1) is 0 Å². The molecule has 0 fully saturated rings. The molecule has 0 heterocycles. The van der Waals surface area contributed by atoms with Gasteiger partial charge in [-0.05, 0) is 44.0 Å². The van der Waals surface area contributed by atoms with Crippen molar-refractivity contribution in [1.29, 1.82) is 0 Å². The fourth-order valence-corrected chi connectivity index (χ4v) is 1.86. The molecular weight excluding hydrogens is 270 g/mol. The molecule has 0 spiro atoms. The van der Waals surface area contributed by atoms with Crippen molar-refractivity contribution in [3.8, 4) is 11.5 Å². The zero-order valence-corrected chi connectivity index (χ0v) is 12.9. The summed E-state index contributed by atoms with van der Waals surface area (Å²) in [5.74, 6) is 0.775. The summed E-state index contributed by atoms with van der Waals surface area (Å²) >= 11 is 0. The minimum absolute atomic E-state index is 0.195. The van der Waals surface area contributed by atoms with Crippen molar-refractivity contribution in [1.82, 2.24) is 5.32 Å². The molecule has 0 aliphatic heterocycles. The lowest BCUT2D eigenvalue weighted by molar-refractivity contribution is -0.137. The van der Waals surface area contributed by atoms with Crippen molar-refractivity contribution in [2.45, 2.75) is 39.7 Å². The van der Waals surface area contributed by atoms with Gasteiger partial charge in [0.25, 0.3) is 0 Å². The molecule has 0 bridgehead atoms. The summed E-state index contributed by atoms with van der Waals surface area (Å²) in [6.45, 7) is 6.65. The van der Waals surface area contributed by atoms with E-state index in [1.807, 2.05) is 25.1 Å². The molecule has 0 aliphatic rings. The number of aliphatic carboxylic acids is 1. The molecule has 21 heavy (non-hydrogen) atoms. The lowest BCUT2D eigenvalue weighted by atomic mass is 10.2. The van der Waals surface area contributed by atoms with E-state index >= 15 is 0 Å². The molecular formula is C16H25NO4. The van der Waals surface area contributed by atoms with Crippen LogP contribution in [0.3, 0.4) is 0 Å². The molecule has 5 nitrogen and oxygen atoms in total. The summed E-state index contributed by atoms with van der Waals surface area (Å²) in [6.07, 6.45) is 1.78. The summed E-state index contributed by atoms with van der Waals surface area (Å²) in [7, 11) is 0. The molecule has 0 aromatic heterocycles. The second-order valence-corrected chi connectivity index (χ2v) is 4.74. The first-order valence-corrected chi connectivity index (χ1v) is 7.48. The van der Waals surface area contributed by atoms with E-state index in [0.29, 0.717) is 32.7 Å². The van der Waals surface area contributed by atoms with Crippen molar-refractivity contribution < 1.29 is 19.4 Å². The lowest BCUT2D eigenvalue weighted by Gasteiger charge is -2.13. The fraction of sp³-hybridized carbons (Fsp3) is 0.562. The van der Waals surface area contributed by atoms with Gasteiger partial charge in [0.15, 0.2) is 11.5 Å². The van der Waals surface area contributed by atoms with E-state index in [4.69, 9.17) is 14.6 Å². The van der Waals surface area contributed by atoms with Crippen LogP contribution >= 0.6 is 0 Å². The predicted molar refractivity (Wildman–Crippen MR) is 82.0 cm³/mol. The first kappa shape index (κ1) is 17.3. The Balaban J connectivity index is 2.50. The highest BCUT2D eigenvalue weighted by Crippen LogP contribution is 2.28. The molecule has 0 saturated carbocycles. The van der Waals surface area contributed by atoms with Crippen LogP contribution in [0.1, 0.15) is 38.7 Å². The van der Waals surface area contributed by atoms with E-state index in [1.54, 1.807) is 0 Å². The van der Waals surface area contributed by atoms with Crippen molar-refractivity contribution in [3.63, 3.8) is 0 Å². The number of benzene rings is 1. The number of rotatable bonds is 11. The Morgan fingerprint density at radius 1 is 1.24 bits per heavy atom. The summed E-state index contributed by atoms with van der Waals surface area (Å²) in [6, 6.07) is 5.89. The first-order valence-electron chi connectivity index (χ1n) is 7.48. The third kappa shape index (κ3) is 6.99. The predicted octanol–water partition coefficient (Wildman–Crippen LogP) is 2.83. The Hall–Kier alpha value is -1.75. The number of ether oxygens (including phenoxy) is 2. The van der Waals surface area contributed by atoms with Crippen LogP contribution in [0.2, 0.25) is 0 Å². The van der Waals surface area contributed by atoms with Crippen LogP contribution in [0.25, 0.3) is 0 Å². The zero-order valence-electron chi connectivity index (χ0n) is 12.9. The van der Waals surface area contributed by atoms with E-state index < -0.39 is 5.97 Å². The molecule has 0 aliphatic carbocycles. The van der Waals surface area contributed by atoms with Gasteiger partial charge in [-0.1, -0.05) is 13.0 Å². The smallest absolute Gasteiger partial charge is 0.303 e. The molecule has 5 heteroatoms. The number of carbonyl (C=O) groups is 1. The van der Waals surface area contributed by atoms with Crippen molar-refractivity contribution in [2.24, 2.45) is 0 Å². The SMILES string of the molecule is CCCOc1ccc(CNCCCC(=O)O)cc1OCC. The summed E-state index contributed by atoms with van der Waals surface area (Å²) in [4.78, 5) is 10.4. The summed E-state index contributed by atoms with van der Waals surface area (Å²) in [5, 5.41) is 11.8. The van der Waals surface area contributed by atoms with E-state index in [-0.39, 0.29) is 6.42 Å². The van der Waals surface area contributed by atoms with E-state index in [1.165, 1.54) is 0 Å². The number of carboxylic acids is 1. The van der Waals surface area contributed by atoms with Crippen molar-refractivity contribution in [2.75, 3.05) is 19.8 Å². The van der Waals surface area contributed by atoms with Crippen LogP contribution in [0.5, 0.6) is 11.5 Å². The maximum absolute atomic E-state index is 10.4. The van der Waals surface area contributed by atoms with Gasteiger partial charge in [-0.25, -0.2) is 0 Å². The highest BCUT2D eigenvalue weighted by Gasteiger charge is 2.06. The summed E-state index contributed by atoms with van der Waals surface area (Å²) < 4.78 is 11.3. The molecule has 0 atom stereocenters. The molecule has 2 N–H and O–H groups in total. The fourth-order valence-electron chi connectivity index (χ4n) is 1.86. The molecule has 0 radical (unpaired) electrons. The second-order valence-electron chi connectivity index (χ2n) is 4.74. The number of hydrogen-bond donors (Lipinski definition) is 2. The highest BCUT2D eigenvalue weighted by molar-refractivity contribution is 5.66. The third-order valence-electron chi connectivity index (χ3n) is 2.84. The first-order chi connectivity index (χ1) is 10.2. The van der Waals surface area contributed by atoms with Crippen LogP contribution in [-0.4, -0.2) is 30.8 Å². The number of hydrogen-bond acceptors (Lipinski definition) is 4. The highest BCUT2D eigenvalue weighted by atomic mass is 16.5. The van der Waals surface area contributed by atoms with Crippen LogP contribution < -0.4 is 14.8 Å². The van der Waals surface area contributed by atoms with Gasteiger partial charge in [0.1, 0.15) is 0 Å². The normalized spacial score (nSPS) is 10.4. The van der Waals surface area contributed by atoms with Gasteiger partial charge in [0, 0.05) is 13.0 Å². The Kier molecular flexibility index (Phi) is 8.28. The number of nitrogens with one attached hydrogen (secondary N) is 1. The lowest BCUT2D eigenvalue weighted by Crippen LogP contribution is -2.15. The van der Waals surface area contributed by atoms with Crippen LogP contribution in [0.4, 0.5) is 0 Å². The molecule has 0 saturated heterocycles. The van der Waals surface area contributed by atoms with Gasteiger partial charge in [-0.2, -0.15) is 0 Å². The standard InChI is InChI=1S/C16H25NO4/c1-3-10-21-14-8-7-13(11-15(14)20-4-2)12-17-9-5-6-16(18)19/h7-8,11,17H,3-6,9-10,12H2,1-2H3,(H,18,19). The third-order valence-corrected chi connectivity index (χ3v) is 2.84. The molecule has 1 rings (SSSR count).